The first-order valence-corrected chi connectivity index (χ1v) is 11.5. The monoisotopic (exact) mass is 449 g/mol. The van der Waals surface area contributed by atoms with E-state index in [0.29, 0.717) is 0 Å². The second-order valence-corrected chi connectivity index (χ2v) is 9.77. The van der Waals surface area contributed by atoms with Crippen molar-refractivity contribution in [2.24, 2.45) is 5.41 Å². The number of carbonyl (C=O) groups excluding carboxylic acids is 1. The molecule has 1 saturated heterocycles. The van der Waals surface area contributed by atoms with Crippen LogP contribution in [0.5, 0.6) is 5.75 Å². The highest BCUT2D eigenvalue weighted by Crippen LogP contribution is 2.31. The van der Waals surface area contributed by atoms with Gasteiger partial charge in [0.15, 0.2) is 0 Å². The molecular formula is C23H35N3O4S. The Kier molecular flexibility index (Phi) is 8.27. The zero-order chi connectivity index (χ0) is 22.4. The number of esters is 1. The minimum atomic E-state index is -0.716. The number of aromatic nitrogens is 1. The molecule has 1 aliphatic heterocycles. The topological polar surface area (TPSA) is 65.0 Å². The van der Waals surface area contributed by atoms with E-state index in [2.05, 4.69) is 36.6 Å². The number of rotatable bonds is 10. The normalized spacial score (nSPS) is 15.5. The third-order valence-electron chi connectivity index (χ3n) is 5.55. The summed E-state index contributed by atoms with van der Waals surface area (Å²) in [7, 11) is 5.82. The Hall–Kier alpha value is -1.74. The van der Waals surface area contributed by atoms with Crippen LogP contribution in [0, 0.1) is 5.41 Å². The molecular weight excluding hydrogens is 414 g/mol. The highest BCUT2D eigenvalue weighted by molar-refractivity contribution is 7.93. The Morgan fingerprint density at radius 2 is 2.03 bits per heavy atom. The first kappa shape index (κ1) is 23.9. The Labute approximate surface area is 189 Å². The number of nitrogens with one attached hydrogen (secondary N) is 1. The van der Waals surface area contributed by atoms with Crippen LogP contribution in [0.25, 0.3) is 10.9 Å². The maximum Gasteiger partial charge on any atom is 0.314 e. The van der Waals surface area contributed by atoms with Crippen LogP contribution in [-0.4, -0.2) is 68.4 Å². The van der Waals surface area contributed by atoms with Crippen LogP contribution in [0.2, 0.25) is 0 Å². The number of benzene rings is 1. The second kappa shape index (κ2) is 10.7. The molecule has 1 N–H and O–H groups in total. The molecule has 0 radical (unpaired) electrons. The highest BCUT2D eigenvalue weighted by atomic mass is 32.2. The van der Waals surface area contributed by atoms with Gasteiger partial charge in [-0.05, 0) is 78.0 Å². The molecule has 3 rings (SSSR count). The molecule has 8 heteroatoms. The molecule has 1 aromatic carbocycles. The SMILES string of the molecule is COc1ccc2c(CCN(C)C)cn(SOCC(C)(C)C(=O)OC3CCNCC3)c2c1. The Bertz CT molecular complexity index is 875. The van der Waals surface area contributed by atoms with E-state index in [1.165, 1.54) is 23.2 Å². The van der Waals surface area contributed by atoms with E-state index in [-0.39, 0.29) is 18.7 Å². The summed E-state index contributed by atoms with van der Waals surface area (Å²) in [5.41, 5.74) is 1.58. The van der Waals surface area contributed by atoms with Gasteiger partial charge in [0.25, 0.3) is 0 Å². The van der Waals surface area contributed by atoms with Crippen molar-refractivity contribution in [2.45, 2.75) is 39.2 Å². The Morgan fingerprint density at radius 1 is 1.29 bits per heavy atom. The number of hydrogen-bond acceptors (Lipinski definition) is 7. The number of piperidine rings is 1. The second-order valence-electron chi connectivity index (χ2n) is 8.99. The van der Waals surface area contributed by atoms with Gasteiger partial charge in [-0.2, -0.15) is 0 Å². The lowest BCUT2D eigenvalue weighted by molar-refractivity contribution is -0.162. The summed E-state index contributed by atoms with van der Waals surface area (Å²) in [6.45, 7) is 6.76. The quantitative estimate of drug-likeness (QED) is 0.440. The number of fused-ring (bicyclic) bond motifs is 1. The fourth-order valence-electron chi connectivity index (χ4n) is 3.49. The molecule has 172 valence electrons. The number of ether oxygens (including phenoxy) is 2. The minimum absolute atomic E-state index is 0.000732. The summed E-state index contributed by atoms with van der Waals surface area (Å²) in [6, 6.07) is 6.09. The predicted octanol–water partition coefficient (Wildman–Crippen LogP) is 3.50. The van der Waals surface area contributed by atoms with Crippen molar-refractivity contribution >= 4 is 29.1 Å². The molecule has 2 aromatic rings. The van der Waals surface area contributed by atoms with E-state index >= 15 is 0 Å². The highest BCUT2D eigenvalue weighted by Gasteiger charge is 2.32. The third kappa shape index (κ3) is 6.38. The lowest BCUT2D eigenvalue weighted by Crippen LogP contribution is -2.38. The fourth-order valence-corrected chi connectivity index (χ4v) is 4.35. The molecule has 1 aliphatic rings. The summed E-state index contributed by atoms with van der Waals surface area (Å²) in [4.78, 5) is 14.8. The van der Waals surface area contributed by atoms with Crippen molar-refractivity contribution in [1.82, 2.24) is 14.2 Å². The number of carbonyl (C=O) groups is 1. The van der Waals surface area contributed by atoms with Crippen LogP contribution < -0.4 is 10.1 Å². The summed E-state index contributed by atoms with van der Waals surface area (Å²) in [5, 5.41) is 4.47. The molecule has 0 saturated carbocycles. The molecule has 1 aromatic heterocycles. The van der Waals surface area contributed by atoms with E-state index in [1.54, 1.807) is 7.11 Å². The van der Waals surface area contributed by atoms with Crippen molar-refractivity contribution in [2.75, 3.05) is 47.4 Å². The number of likely N-dealkylation sites (N-methyl/N-ethyl adjacent to an activating group) is 1. The lowest BCUT2D eigenvalue weighted by Gasteiger charge is -2.28. The van der Waals surface area contributed by atoms with Gasteiger partial charge in [0, 0.05) is 24.2 Å². The number of methoxy groups -OCH3 is 1. The maximum atomic E-state index is 12.7. The van der Waals surface area contributed by atoms with Crippen molar-refractivity contribution in [3.05, 3.63) is 30.0 Å². The van der Waals surface area contributed by atoms with Crippen LogP contribution in [0.3, 0.4) is 0 Å². The molecule has 0 atom stereocenters. The minimum Gasteiger partial charge on any atom is -0.497 e. The molecule has 0 bridgehead atoms. The van der Waals surface area contributed by atoms with Gasteiger partial charge in [0.05, 0.1) is 24.6 Å². The Balaban J connectivity index is 1.65. The molecule has 7 nitrogen and oxygen atoms in total. The van der Waals surface area contributed by atoms with Gasteiger partial charge >= 0.3 is 5.97 Å². The summed E-state index contributed by atoms with van der Waals surface area (Å²) in [6.07, 6.45) is 4.78. The van der Waals surface area contributed by atoms with Crippen LogP contribution in [0.1, 0.15) is 32.3 Å². The van der Waals surface area contributed by atoms with Gasteiger partial charge < -0.3 is 19.7 Å². The molecule has 0 amide bonds. The van der Waals surface area contributed by atoms with Crippen LogP contribution in [0.4, 0.5) is 0 Å². The summed E-state index contributed by atoms with van der Waals surface area (Å²) >= 11 is 1.24. The summed E-state index contributed by atoms with van der Waals surface area (Å²) < 4.78 is 19.1. The van der Waals surface area contributed by atoms with Gasteiger partial charge in [0.2, 0.25) is 0 Å². The third-order valence-corrected chi connectivity index (χ3v) is 6.24. The number of hydrogen-bond donors (Lipinski definition) is 1. The zero-order valence-electron chi connectivity index (χ0n) is 19.3. The predicted molar refractivity (Wildman–Crippen MR) is 125 cm³/mol. The van der Waals surface area contributed by atoms with E-state index in [9.17, 15) is 4.79 Å². The average Bonchev–Trinajstić information content (AvgIpc) is 3.09. The Morgan fingerprint density at radius 3 is 2.71 bits per heavy atom. The largest absolute Gasteiger partial charge is 0.497 e. The average molecular weight is 450 g/mol. The smallest absolute Gasteiger partial charge is 0.314 e. The van der Waals surface area contributed by atoms with Crippen molar-refractivity contribution in [1.29, 1.82) is 0 Å². The van der Waals surface area contributed by atoms with E-state index in [4.69, 9.17) is 13.7 Å². The van der Waals surface area contributed by atoms with Crippen molar-refractivity contribution < 1.29 is 18.5 Å². The van der Waals surface area contributed by atoms with Crippen LogP contribution in [-0.2, 0) is 20.1 Å². The first-order valence-electron chi connectivity index (χ1n) is 10.8. The van der Waals surface area contributed by atoms with Gasteiger partial charge in [-0.3, -0.25) is 13.0 Å². The molecule has 0 unspecified atom stereocenters. The van der Waals surface area contributed by atoms with Gasteiger partial charge in [0.1, 0.15) is 24.1 Å². The van der Waals surface area contributed by atoms with Crippen molar-refractivity contribution in [3.63, 3.8) is 0 Å². The molecule has 31 heavy (non-hydrogen) atoms. The molecule has 0 aliphatic carbocycles. The molecule has 1 fully saturated rings. The first-order chi connectivity index (χ1) is 14.8. The van der Waals surface area contributed by atoms with Crippen LogP contribution >= 0.6 is 12.2 Å². The van der Waals surface area contributed by atoms with Crippen LogP contribution in [0.15, 0.2) is 24.4 Å². The standard InChI is InChI=1S/C23H35N3O4S/c1-23(2,22(27)30-18-8-11-24-12-9-18)16-29-31-26-15-17(10-13-25(3)4)20-7-6-19(28-5)14-21(20)26/h6-7,14-15,18,24H,8-13,16H2,1-5H3. The summed E-state index contributed by atoms with van der Waals surface area (Å²) in [5.74, 6) is 0.600. The van der Waals surface area contributed by atoms with E-state index < -0.39 is 5.41 Å². The van der Waals surface area contributed by atoms with E-state index in [0.717, 1.165) is 50.2 Å². The number of nitrogens with zero attached hydrogens (tertiary/aromatic N) is 2. The van der Waals surface area contributed by atoms with Gasteiger partial charge in [-0.1, -0.05) is 0 Å². The van der Waals surface area contributed by atoms with Crippen molar-refractivity contribution in [3.8, 4) is 5.75 Å². The molecule has 2 heterocycles. The molecule has 0 spiro atoms. The maximum absolute atomic E-state index is 12.7. The van der Waals surface area contributed by atoms with Gasteiger partial charge in [-0.15, -0.1) is 0 Å². The van der Waals surface area contributed by atoms with E-state index in [1.807, 2.05) is 30.0 Å². The zero-order valence-corrected chi connectivity index (χ0v) is 20.1. The fraction of sp³-hybridized carbons (Fsp3) is 0.609. The van der Waals surface area contributed by atoms with Gasteiger partial charge in [-0.25, -0.2) is 0 Å². The lowest BCUT2D eigenvalue weighted by atomic mass is 9.95.